The number of hydrogen-bond donors (Lipinski definition) is 0. The molecule has 0 bridgehead atoms. The Morgan fingerprint density at radius 2 is 1.50 bits per heavy atom. The highest BCUT2D eigenvalue weighted by molar-refractivity contribution is 6.06. The Balaban J connectivity index is 2.05. The minimum absolute atomic E-state index is 0.988. The highest BCUT2D eigenvalue weighted by Gasteiger charge is 2.04. The van der Waals surface area contributed by atoms with Gasteiger partial charge in [0.05, 0.1) is 11.2 Å². The lowest BCUT2D eigenvalue weighted by atomic mass is 10.0. The Kier molecular flexibility index (Phi) is 2.46. The summed E-state index contributed by atoms with van der Waals surface area (Å²) in [6.07, 6.45) is 3.66. The minimum Gasteiger partial charge on any atom is -0.256 e. The molecule has 0 aliphatic carbocycles. The summed E-state index contributed by atoms with van der Waals surface area (Å²) in [5.41, 5.74) is 3.15. The molecule has 4 rings (SSSR count). The van der Waals surface area contributed by atoms with Gasteiger partial charge in [0, 0.05) is 28.7 Å². The summed E-state index contributed by atoms with van der Waals surface area (Å²) in [5.74, 6) is 0. The van der Waals surface area contributed by atoms with E-state index < -0.39 is 0 Å². The second kappa shape index (κ2) is 4.42. The molecule has 2 heterocycles. The molecule has 0 atom stereocenters. The predicted molar refractivity (Wildman–Crippen MR) is 82.5 cm³/mol. The van der Waals surface area contributed by atoms with E-state index in [2.05, 4.69) is 46.4 Å². The summed E-state index contributed by atoms with van der Waals surface area (Å²) in [6, 6.07) is 20.7. The van der Waals surface area contributed by atoms with Gasteiger partial charge in [-0.15, -0.1) is 0 Å². The van der Waals surface area contributed by atoms with Crippen LogP contribution in [-0.2, 0) is 0 Å². The molecule has 0 unspecified atom stereocenters. The van der Waals surface area contributed by atoms with Crippen LogP contribution in [0.1, 0.15) is 0 Å². The first-order valence-electron chi connectivity index (χ1n) is 6.61. The van der Waals surface area contributed by atoms with E-state index in [1.165, 1.54) is 10.8 Å². The lowest BCUT2D eigenvalue weighted by Crippen LogP contribution is -1.85. The zero-order valence-corrected chi connectivity index (χ0v) is 10.8. The van der Waals surface area contributed by atoms with Gasteiger partial charge in [0.2, 0.25) is 0 Å². The SMILES string of the molecule is c1ccc(-c2ccc3ccc4cccnc4c3c2)nc1. The smallest absolute Gasteiger partial charge is 0.0780 e. The van der Waals surface area contributed by atoms with Gasteiger partial charge in [-0.2, -0.15) is 0 Å². The van der Waals surface area contributed by atoms with Gasteiger partial charge in [0.15, 0.2) is 0 Å². The van der Waals surface area contributed by atoms with Gasteiger partial charge >= 0.3 is 0 Å². The molecule has 0 aliphatic heterocycles. The predicted octanol–water partition coefficient (Wildman–Crippen LogP) is 4.45. The van der Waals surface area contributed by atoms with Crippen LogP contribution in [-0.4, -0.2) is 9.97 Å². The van der Waals surface area contributed by atoms with E-state index in [0.717, 1.165) is 22.2 Å². The van der Waals surface area contributed by atoms with E-state index in [-0.39, 0.29) is 0 Å². The van der Waals surface area contributed by atoms with Crippen molar-refractivity contribution in [2.45, 2.75) is 0 Å². The molecule has 4 aromatic rings. The molecule has 0 saturated carbocycles. The van der Waals surface area contributed by atoms with Gasteiger partial charge in [-0.1, -0.05) is 36.4 Å². The molecule has 0 radical (unpaired) electrons. The zero-order valence-electron chi connectivity index (χ0n) is 10.8. The number of fused-ring (bicyclic) bond motifs is 3. The molecule has 2 aromatic carbocycles. The van der Waals surface area contributed by atoms with Crippen molar-refractivity contribution < 1.29 is 0 Å². The quantitative estimate of drug-likeness (QED) is 0.470. The van der Waals surface area contributed by atoms with Crippen molar-refractivity contribution in [2.24, 2.45) is 0 Å². The molecule has 2 aromatic heterocycles. The molecular weight excluding hydrogens is 244 g/mol. The number of rotatable bonds is 1. The van der Waals surface area contributed by atoms with Crippen molar-refractivity contribution in [1.29, 1.82) is 0 Å². The van der Waals surface area contributed by atoms with Gasteiger partial charge in [0.1, 0.15) is 0 Å². The molecular formula is C18H12N2. The fraction of sp³-hybridized carbons (Fsp3) is 0. The van der Waals surface area contributed by atoms with Crippen molar-refractivity contribution in [3.63, 3.8) is 0 Å². The maximum absolute atomic E-state index is 4.52. The van der Waals surface area contributed by atoms with E-state index >= 15 is 0 Å². The number of benzene rings is 2. The molecule has 0 aliphatic rings. The summed E-state index contributed by atoms with van der Waals surface area (Å²) in [4.78, 5) is 8.94. The third kappa shape index (κ3) is 1.74. The lowest BCUT2D eigenvalue weighted by molar-refractivity contribution is 1.33. The third-order valence-corrected chi connectivity index (χ3v) is 3.55. The molecule has 2 nitrogen and oxygen atoms in total. The molecule has 0 amide bonds. The molecule has 2 heteroatoms. The van der Waals surface area contributed by atoms with E-state index in [4.69, 9.17) is 0 Å². The molecule has 94 valence electrons. The van der Waals surface area contributed by atoms with E-state index in [0.29, 0.717) is 0 Å². The number of pyridine rings is 2. The average Bonchev–Trinajstić information content (AvgIpc) is 2.55. The molecule has 20 heavy (non-hydrogen) atoms. The second-order valence-corrected chi connectivity index (χ2v) is 4.79. The van der Waals surface area contributed by atoms with Crippen LogP contribution in [0.5, 0.6) is 0 Å². The standard InChI is InChI=1S/C18H12N2/c1-2-10-19-17(5-1)15-9-7-13-6-8-14-4-3-11-20-18(14)16(13)12-15/h1-12H. The Hall–Kier alpha value is -2.74. The Morgan fingerprint density at radius 1 is 0.650 bits per heavy atom. The first-order chi connectivity index (χ1) is 9.92. The Labute approximate surface area is 116 Å². The van der Waals surface area contributed by atoms with E-state index in [1.54, 1.807) is 0 Å². The van der Waals surface area contributed by atoms with E-state index in [1.807, 2.05) is 36.7 Å². The van der Waals surface area contributed by atoms with Crippen LogP contribution in [0.2, 0.25) is 0 Å². The lowest BCUT2D eigenvalue weighted by Gasteiger charge is -2.06. The molecule has 0 fully saturated rings. The Bertz CT molecular complexity index is 899. The molecule has 0 N–H and O–H groups in total. The van der Waals surface area contributed by atoms with Crippen LogP contribution in [0.4, 0.5) is 0 Å². The van der Waals surface area contributed by atoms with E-state index in [9.17, 15) is 0 Å². The number of aromatic nitrogens is 2. The zero-order chi connectivity index (χ0) is 13.4. The third-order valence-electron chi connectivity index (χ3n) is 3.55. The van der Waals surface area contributed by atoms with Crippen molar-refractivity contribution >= 4 is 21.7 Å². The summed E-state index contributed by atoms with van der Waals surface area (Å²) < 4.78 is 0. The molecule has 0 saturated heterocycles. The van der Waals surface area contributed by atoms with Gasteiger partial charge in [-0.05, 0) is 29.7 Å². The number of hydrogen-bond acceptors (Lipinski definition) is 2. The van der Waals surface area contributed by atoms with Crippen molar-refractivity contribution in [3.8, 4) is 11.3 Å². The highest BCUT2D eigenvalue weighted by atomic mass is 14.7. The summed E-state index contributed by atoms with van der Waals surface area (Å²) in [5, 5.41) is 3.54. The maximum atomic E-state index is 4.52. The minimum atomic E-state index is 0.988. The van der Waals surface area contributed by atoms with Crippen molar-refractivity contribution in [2.75, 3.05) is 0 Å². The van der Waals surface area contributed by atoms with Gasteiger partial charge in [-0.25, -0.2) is 0 Å². The average molecular weight is 256 g/mol. The fourth-order valence-corrected chi connectivity index (χ4v) is 2.56. The first-order valence-corrected chi connectivity index (χ1v) is 6.61. The highest BCUT2D eigenvalue weighted by Crippen LogP contribution is 2.27. The topological polar surface area (TPSA) is 25.8 Å². The monoisotopic (exact) mass is 256 g/mol. The first kappa shape index (κ1) is 11.1. The van der Waals surface area contributed by atoms with Crippen LogP contribution in [0.25, 0.3) is 32.9 Å². The van der Waals surface area contributed by atoms with Crippen LogP contribution in [0.3, 0.4) is 0 Å². The van der Waals surface area contributed by atoms with Crippen LogP contribution in [0, 0.1) is 0 Å². The van der Waals surface area contributed by atoms with Gasteiger partial charge in [-0.3, -0.25) is 9.97 Å². The second-order valence-electron chi connectivity index (χ2n) is 4.79. The maximum Gasteiger partial charge on any atom is 0.0780 e. The van der Waals surface area contributed by atoms with Crippen molar-refractivity contribution in [3.05, 3.63) is 73.1 Å². The van der Waals surface area contributed by atoms with Crippen molar-refractivity contribution in [1.82, 2.24) is 9.97 Å². The summed E-state index contributed by atoms with van der Waals surface area (Å²) >= 11 is 0. The largest absolute Gasteiger partial charge is 0.256 e. The number of nitrogens with zero attached hydrogens (tertiary/aromatic N) is 2. The van der Waals surface area contributed by atoms with Gasteiger partial charge in [0.25, 0.3) is 0 Å². The summed E-state index contributed by atoms with van der Waals surface area (Å²) in [7, 11) is 0. The molecule has 0 spiro atoms. The normalized spacial score (nSPS) is 11.0. The van der Waals surface area contributed by atoms with Gasteiger partial charge < -0.3 is 0 Å². The summed E-state index contributed by atoms with van der Waals surface area (Å²) in [6.45, 7) is 0. The fourth-order valence-electron chi connectivity index (χ4n) is 2.56. The Morgan fingerprint density at radius 3 is 2.40 bits per heavy atom. The van der Waals surface area contributed by atoms with Crippen LogP contribution in [0.15, 0.2) is 73.1 Å². The van der Waals surface area contributed by atoms with Crippen LogP contribution < -0.4 is 0 Å². The van der Waals surface area contributed by atoms with Crippen LogP contribution >= 0.6 is 0 Å².